The molecule has 0 rings (SSSR count). The Hall–Kier alpha value is -0.160. The van der Waals surface area contributed by atoms with Gasteiger partial charge in [-0.15, -0.1) is 0 Å². The third-order valence-corrected chi connectivity index (χ3v) is 3.53. The average Bonchev–Trinajstić information content (AvgIpc) is 2.42. The van der Waals surface area contributed by atoms with E-state index >= 15 is 0 Å². The summed E-state index contributed by atoms with van der Waals surface area (Å²) in [6.07, 6.45) is 3.65. The van der Waals surface area contributed by atoms with Gasteiger partial charge in [-0.2, -0.15) is 0 Å². The molecule has 0 saturated heterocycles. The van der Waals surface area contributed by atoms with Crippen LogP contribution >= 0.6 is 0 Å². The lowest BCUT2D eigenvalue weighted by Crippen LogP contribution is -2.38. The minimum atomic E-state index is 0.612. The Bertz CT molecular complexity index is 201. The Morgan fingerprint density at radius 1 is 0.900 bits per heavy atom. The van der Waals surface area contributed by atoms with Crippen molar-refractivity contribution in [2.45, 2.75) is 46.1 Å². The highest BCUT2D eigenvalue weighted by Gasteiger charge is 2.06. The second-order valence-corrected chi connectivity index (χ2v) is 6.01. The first kappa shape index (κ1) is 19.8. The van der Waals surface area contributed by atoms with Crippen molar-refractivity contribution in [3.8, 4) is 0 Å². The monoisotopic (exact) mass is 288 g/mol. The van der Waals surface area contributed by atoms with Crippen molar-refractivity contribution >= 4 is 0 Å². The predicted octanol–water partition coefficient (Wildman–Crippen LogP) is 2.39. The average molecular weight is 288 g/mol. The van der Waals surface area contributed by atoms with Crippen LogP contribution in [-0.2, 0) is 9.47 Å². The van der Waals surface area contributed by atoms with E-state index in [1.165, 1.54) is 12.8 Å². The highest BCUT2D eigenvalue weighted by atomic mass is 16.5. The molecule has 0 radical (unpaired) electrons. The van der Waals surface area contributed by atoms with Gasteiger partial charge in [0.15, 0.2) is 0 Å². The van der Waals surface area contributed by atoms with Gasteiger partial charge >= 0.3 is 0 Å². The normalized spacial score (nSPS) is 13.3. The SMILES string of the molecule is COCCCN(CCNC(C)CCC(C)C)CCOC. The zero-order valence-corrected chi connectivity index (χ0v) is 14.3. The van der Waals surface area contributed by atoms with E-state index in [1.54, 1.807) is 14.2 Å². The third kappa shape index (κ3) is 12.9. The number of hydrogen-bond donors (Lipinski definition) is 1. The lowest BCUT2D eigenvalue weighted by atomic mass is 10.0. The first-order valence-electron chi connectivity index (χ1n) is 8.03. The molecule has 0 bridgehead atoms. The van der Waals surface area contributed by atoms with Crippen LogP contribution in [0.25, 0.3) is 0 Å². The molecule has 4 nitrogen and oxygen atoms in total. The molecule has 0 aliphatic carbocycles. The zero-order chi connectivity index (χ0) is 15.2. The van der Waals surface area contributed by atoms with Crippen LogP contribution in [0.4, 0.5) is 0 Å². The van der Waals surface area contributed by atoms with Gasteiger partial charge < -0.3 is 14.8 Å². The standard InChI is InChI=1S/C16H36N2O2/c1-15(2)7-8-16(3)17-9-11-18(12-14-20-5)10-6-13-19-4/h15-17H,6-14H2,1-5H3. The maximum Gasteiger partial charge on any atom is 0.0589 e. The van der Waals surface area contributed by atoms with Gasteiger partial charge in [0.2, 0.25) is 0 Å². The lowest BCUT2D eigenvalue weighted by molar-refractivity contribution is 0.132. The molecule has 0 spiro atoms. The summed E-state index contributed by atoms with van der Waals surface area (Å²) < 4.78 is 10.3. The van der Waals surface area contributed by atoms with Crippen molar-refractivity contribution in [1.82, 2.24) is 10.2 Å². The van der Waals surface area contributed by atoms with E-state index in [0.717, 1.165) is 51.7 Å². The highest BCUT2D eigenvalue weighted by molar-refractivity contribution is 4.65. The molecule has 0 aromatic rings. The van der Waals surface area contributed by atoms with Crippen LogP contribution in [0, 0.1) is 5.92 Å². The molecule has 0 amide bonds. The summed E-state index contributed by atoms with van der Waals surface area (Å²) >= 11 is 0. The van der Waals surface area contributed by atoms with Gasteiger partial charge in [-0.05, 0) is 32.1 Å². The molecule has 1 N–H and O–H groups in total. The summed E-state index contributed by atoms with van der Waals surface area (Å²) in [7, 11) is 3.52. The first-order valence-corrected chi connectivity index (χ1v) is 8.03. The summed E-state index contributed by atoms with van der Waals surface area (Å²) in [6, 6.07) is 0.612. The van der Waals surface area contributed by atoms with Gasteiger partial charge in [0, 0.05) is 53.0 Å². The van der Waals surface area contributed by atoms with Crippen LogP contribution < -0.4 is 5.32 Å². The molecule has 0 aromatic carbocycles. The van der Waals surface area contributed by atoms with E-state index in [0.29, 0.717) is 6.04 Å². The second kappa shape index (κ2) is 13.8. The Kier molecular flexibility index (Phi) is 13.7. The van der Waals surface area contributed by atoms with Crippen molar-refractivity contribution in [3.63, 3.8) is 0 Å². The predicted molar refractivity (Wildman–Crippen MR) is 86.3 cm³/mol. The molecule has 0 aliphatic heterocycles. The number of rotatable bonds is 14. The van der Waals surface area contributed by atoms with Crippen LogP contribution in [0.15, 0.2) is 0 Å². The van der Waals surface area contributed by atoms with Crippen molar-refractivity contribution in [2.75, 3.05) is 53.6 Å². The Morgan fingerprint density at radius 3 is 2.20 bits per heavy atom. The Labute approximate surface area is 126 Å². The fourth-order valence-electron chi connectivity index (χ4n) is 2.14. The smallest absolute Gasteiger partial charge is 0.0589 e. The molecule has 4 heteroatoms. The number of methoxy groups -OCH3 is 2. The Balaban J connectivity index is 3.75. The molecule has 0 fully saturated rings. The first-order chi connectivity index (χ1) is 9.60. The van der Waals surface area contributed by atoms with E-state index in [4.69, 9.17) is 9.47 Å². The number of ether oxygens (including phenoxy) is 2. The van der Waals surface area contributed by atoms with Gasteiger partial charge in [0.25, 0.3) is 0 Å². The fourth-order valence-corrected chi connectivity index (χ4v) is 2.14. The topological polar surface area (TPSA) is 33.7 Å². The third-order valence-electron chi connectivity index (χ3n) is 3.53. The summed E-state index contributed by atoms with van der Waals surface area (Å²) in [5.41, 5.74) is 0. The van der Waals surface area contributed by atoms with E-state index in [2.05, 4.69) is 31.0 Å². The maximum atomic E-state index is 5.18. The van der Waals surface area contributed by atoms with Crippen LogP contribution in [-0.4, -0.2) is 64.6 Å². The summed E-state index contributed by atoms with van der Waals surface area (Å²) in [5.74, 6) is 0.798. The van der Waals surface area contributed by atoms with Crippen molar-refractivity contribution in [2.24, 2.45) is 5.92 Å². The van der Waals surface area contributed by atoms with Crippen molar-refractivity contribution in [1.29, 1.82) is 0 Å². The summed E-state index contributed by atoms with van der Waals surface area (Å²) in [4.78, 5) is 2.45. The van der Waals surface area contributed by atoms with Crippen LogP contribution in [0.2, 0.25) is 0 Å². The molecule has 20 heavy (non-hydrogen) atoms. The quantitative estimate of drug-likeness (QED) is 0.498. The minimum Gasteiger partial charge on any atom is -0.385 e. The minimum absolute atomic E-state index is 0.612. The molecule has 122 valence electrons. The molecule has 1 unspecified atom stereocenters. The second-order valence-electron chi connectivity index (χ2n) is 6.01. The summed E-state index contributed by atoms with van der Waals surface area (Å²) in [6.45, 7) is 12.7. The largest absolute Gasteiger partial charge is 0.385 e. The molecule has 0 aromatic heterocycles. The van der Waals surface area contributed by atoms with Gasteiger partial charge in [-0.3, -0.25) is 4.90 Å². The molecule has 0 aliphatic rings. The summed E-state index contributed by atoms with van der Waals surface area (Å²) in [5, 5.41) is 3.62. The highest BCUT2D eigenvalue weighted by Crippen LogP contribution is 2.06. The van der Waals surface area contributed by atoms with Gasteiger partial charge in [-0.1, -0.05) is 13.8 Å². The van der Waals surface area contributed by atoms with Gasteiger partial charge in [-0.25, -0.2) is 0 Å². The zero-order valence-electron chi connectivity index (χ0n) is 14.3. The molecular formula is C16H36N2O2. The van der Waals surface area contributed by atoms with E-state index in [-0.39, 0.29) is 0 Å². The van der Waals surface area contributed by atoms with Gasteiger partial charge in [0.1, 0.15) is 0 Å². The van der Waals surface area contributed by atoms with Crippen LogP contribution in [0.3, 0.4) is 0 Å². The maximum absolute atomic E-state index is 5.18. The fraction of sp³-hybridized carbons (Fsp3) is 1.00. The van der Waals surface area contributed by atoms with E-state index in [9.17, 15) is 0 Å². The van der Waals surface area contributed by atoms with Gasteiger partial charge in [0.05, 0.1) is 6.61 Å². The number of hydrogen-bond acceptors (Lipinski definition) is 4. The van der Waals surface area contributed by atoms with Crippen LogP contribution in [0.5, 0.6) is 0 Å². The van der Waals surface area contributed by atoms with Crippen molar-refractivity contribution < 1.29 is 9.47 Å². The van der Waals surface area contributed by atoms with Crippen LogP contribution in [0.1, 0.15) is 40.0 Å². The molecule has 1 atom stereocenters. The molecule has 0 saturated carbocycles. The number of nitrogens with one attached hydrogen (secondary N) is 1. The number of nitrogens with zero attached hydrogens (tertiary/aromatic N) is 1. The molecule has 0 heterocycles. The van der Waals surface area contributed by atoms with Crippen molar-refractivity contribution in [3.05, 3.63) is 0 Å². The molecular weight excluding hydrogens is 252 g/mol. The Morgan fingerprint density at radius 2 is 1.60 bits per heavy atom. The van der Waals surface area contributed by atoms with E-state index < -0.39 is 0 Å². The lowest BCUT2D eigenvalue weighted by Gasteiger charge is -2.23. The van der Waals surface area contributed by atoms with E-state index in [1.807, 2.05) is 0 Å².